The van der Waals surface area contributed by atoms with E-state index in [0.29, 0.717) is 29.7 Å². The van der Waals surface area contributed by atoms with Gasteiger partial charge < -0.3 is 9.88 Å². The van der Waals surface area contributed by atoms with Crippen LogP contribution in [0.1, 0.15) is 62.7 Å². The van der Waals surface area contributed by atoms with Crippen LogP contribution in [-0.4, -0.2) is 32.5 Å². The Hall–Kier alpha value is -1.34. The first-order valence-corrected chi connectivity index (χ1v) is 11.9. The van der Waals surface area contributed by atoms with E-state index in [1.54, 1.807) is 11.3 Å². The number of thioether (sulfide) groups is 1. The Balaban J connectivity index is 1.36. The molecule has 1 N–H and O–H groups in total. The van der Waals surface area contributed by atoms with Crippen LogP contribution >= 0.6 is 23.1 Å². The molecular formula is C20H28N4OS2. The van der Waals surface area contributed by atoms with E-state index < -0.39 is 0 Å². The zero-order valence-electron chi connectivity index (χ0n) is 16.1. The van der Waals surface area contributed by atoms with Crippen molar-refractivity contribution in [2.45, 2.75) is 69.6 Å². The molecule has 3 atom stereocenters. The van der Waals surface area contributed by atoms with Crippen LogP contribution < -0.4 is 5.32 Å². The second-order valence-corrected chi connectivity index (χ2v) is 9.96. The highest BCUT2D eigenvalue weighted by atomic mass is 32.2. The molecule has 0 aromatic carbocycles. The van der Waals surface area contributed by atoms with Gasteiger partial charge in [-0.1, -0.05) is 44.5 Å². The predicted octanol–water partition coefficient (Wildman–Crippen LogP) is 4.30. The third-order valence-corrected chi connectivity index (χ3v) is 7.76. The maximum Gasteiger partial charge on any atom is 0.230 e. The molecule has 0 radical (unpaired) electrons. The highest BCUT2D eigenvalue weighted by Crippen LogP contribution is 2.39. The number of amides is 1. The largest absolute Gasteiger partial charge is 0.352 e. The van der Waals surface area contributed by atoms with Gasteiger partial charge in [0.15, 0.2) is 5.16 Å². The van der Waals surface area contributed by atoms with Crippen LogP contribution in [0.3, 0.4) is 0 Å². The van der Waals surface area contributed by atoms with E-state index in [9.17, 15) is 4.79 Å². The molecule has 27 heavy (non-hydrogen) atoms. The van der Waals surface area contributed by atoms with Crippen LogP contribution in [0.15, 0.2) is 22.7 Å². The molecule has 0 saturated heterocycles. The summed E-state index contributed by atoms with van der Waals surface area (Å²) in [5.41, 5.74) is 0. The van der Waals surface area contributed by atoms with Crippen molar-refractivity contribution in [1.29, 1.82) is 0 Å². The van der Waals surface area contributed by atoms with Crippen LogP contribution in [0, 0.1) is 11.8 Å². The van der Waals surface area contributed by atoms with Gasteiger partial charge in [-0.25, -0.2) is 0 Å². The fraction of sp³-hybridized carbons (Fsp3) is 0.650. The monoisotopic (exact) mass is 404 g/mol. The van der Waals surface area contributed by atoms with E-state index in [1.165, 1.54) is 42.3 Å². The molecule has 1 amide bonds. The van der Waals surface area contributed by atoms with E-state index in [0.717, 1.165) is 23.8 Å². The molecule has 2 aliphatic carbocycles. The molecule has 0 unspecified atom stereocenters. The average Bonchev–Trinajstić information content (AvgIpc) is 3.20. The average molecular weight is 405 g/mol. The second-order valence-electron chi connectivity index (χ2n) is 7.99. The second kappa shape index (κ2) is 8.35. The lowest BCUT2D eigenvalue weighted by molar-refractivity contribution is -0.120. The number of hydrogen-bond donors (Lipinski definition) is 1. The minimum absolute atomic E-state index is 0.121. The molecule has 2 saturated carbocycles. The first-order chi connectivity index (χ1) is 13.1. The maximum absolute atomic E-state index is 12.5. The van der Waals surface area contributed by atoms with Gasteiger partial charge in [0.25, 0.3) is 0 Å². The van der Waals surface area contributed by atoms with Crippen molar-refractivity contribution >= 4 is 29.0 Å². The Labute approximate surface area is 169 Å². The van der Waals surface area contributed by atoms with E-state index in [4.69, 9.17) is 0 Å². The predicted molar refractivity (Wildman–Crippen MR) is 110 cm³/mol. The number of carbonyl (C=O) groups is 1. The normalized spacial score (nSPS) is 25.5. The topological polar surface area (TPSA) is 59.8 Å². The SMILES string of the molecule is C[C@@H]1[C@@H](C)CCC[C@H]1NC(=O)CSc1nnc(Cc2cccs2)n1C1CC1. The van der Waals surface area contributed by atoms with Gasteiger partial charge in [0.1, 0.15) is 5.82 Å². The van der Waals surface area contributed by atoms with Crippen molar-refractivity contribution in [3.63, 3.8) is 0 Å². The van der Waals surface area contributed by atoms with Gasteiger partial charge in [0.05, 0.1) is 5.75 Å². The summed E-state index contributed by atoms with van der Waals surface area (Å²) in [5.74, 6) is 2.81. The first-order valence-electron chi connectivity index (χ1n) is 10.00. The van der Waals surface area contributed by atoms with Crippen LogP contribution in [0.25, 0.3) is 0 Å². The number of thiophene rings is 1. The summed E-state index contributed by atoms with van der Waals surface area (Å²) in [6.45, 7) is 4.56. The smallest absolute Gasteiger partial charge is 0.230 e. The summed E-state index contributed by atoms with van der Waals surface area (Å²) in [6, 6.07) is 5.05. The summed E-state index contributed by atoms with van der Waals surface area (Å²) in [6.07, 6.45) is 6.79. The highest BCUT2D eigenvalue weighted by molar-refractivity contribution is 7.99. The molecular weight excluding hydrogens is 376 g/mol. The van der Waals surface area contributed by atoms with Crippen molar-refractivity contribution in [1.82, 2.24) is 20.1 Å². The fourth-order valence-electron chi connectivity index (χ4n) is 3.96. The van der Waals surface area contributed by atoms with Gasteiger partial charge in [-0.3, -0.25) is 4.79 Å². The molecule has 2 heterocycles. The molecule has 0 spiro atoms. The van der Waals surface area contributed by atoms with Gasteiger partial charge >= 0.3 is 0 Å². The minimum atomic E-state index is 0.121. The molecule has 2 aliphatic rings. The zero-order chi connectivity index (χ0) is 18.8. The third-order valence-electron chi connectivity index (χ3n) is 5.95. The molecule has 2 aromatic heterocycles. The quantitative estimate of drug-likeness (QED) is 0.699. The summed E-state index contributed by atoms with van der Waals surface area (Å²) in [4.78, 5) is 13.8. The van der Waals surface area contributed by atoms with Gasteiger partial charge in [0.2, 0.25) is 5.91 Å². The number of rotatable bonds is 7. The molecule has 5 nitrogen and oxygen atoms in total. The number of carbonyl (C=O) groups excluding carboxylic acids is 1. The standard InChI is InChI=1S/C20H28N4OS2/c1-13-5-3-7-17(14(13)2)21-19(25)12-27-20-23-22-18(24(20)15-8-9-15)11-16-6-4-10-26-16/h4,6,10,13-15,17H,3,5,7-9,11-12H2,1-2H3,(H,21,25)/t13-,14+,17+/m0/s1. The molecule has 0 aliphatic heterocycles. The molecule has 7 heteroatoms. The Morgan fingerprint density at radius 2 is 2.15 bits per heavy atom. The van der Waals surface area contributed by atoms with Crippen molar-refractivity contribution in [3.05, 3.63) is 28.2 Å². The lowest BCUT2D eigenvalue weighted by Gasteiger charge is -2.34. The van der Waals surface area contributed by atoms with Crippen molar-refractivity contribution < 1.29 is 4.79 Å². The maximum atomic E-state index is 12.5. The number of nitrogens with one attached hydrogen (secondary N) is 1. The van der Waals surface area contributed by atoms with E-state index in [2.05, 4.69) is 51.4 Å². The van der Waals surface area contributed by atoms with Crippen LogP contribution in [0.2, 0.25) is 0 Å². The van der Waals surface area contributed by atoms with Crippen LogP contribution in [0.5, 0.6) is 0 Å². The van der Waals surface area contributed by atoms with E-state index in [-0.39, 0.29) is 5.91 Å². The Morgan fingerprint density at radius 1 is 1.30 bits per heavy atom. The first kappa shape index (κ1) is 19.0. The van der Waals surface area contributed by atoms with Gasteiger partial charge in [-0.2, -0.15) is 0 Å². The van der Waals surface area contributed by atoms with Crippen molar-refractivity contribution in [2.24, 2.45) is 11.8 Å². The van der Waals surface area contributed by atoms with E-state index >= 15 is 0 Å². The van der Waals surface area contributed by atoms with Crippen molar-refractivity contribution in [3.8, 4) is 0 Å². The third kappa shape index (κ3) is 4.57. The molecule has 2 fully saturated rings. The molecule has 0 bridgehead atoms. The van der Waals surface area contributed by atoms with Crippen LogP contribution in [0.4, 0.5) is 0 Å². The summed E-state index contributed by atoms with van der Waals surface area (Å²) in [5, 5.41) is 15.1. The molecule has 146 valence electrons. The number of aromatic nitrogens is 3. The molecule has 4 rings (SSSR count). The van der Waals surface area contributed by atoms with Gasteiger partial charge in [-0.05, 0) is 42.5 Å². The van der Waals surface area contributed by atoms with Crippen LogP contribution in [-0.2, 0) is 11.2 Å². The summed E-state index contributed by atoms with van der Waals surface area (Å²) in [7, 11) is 0. The molecule has 2 aromatic rings. The summed E-state index contributed by atoms with van der Waals surface area (Å²) < 4.78 is 2.27. The summed E-state index contributed by atoms with van der Waals surface area (Å²) >= 11 is 3.28. The van der Waals surface area contributed by atoms with Gasteiger partial charge in [0, 0.05) is 23.4 Å². The van der Waals surface area contributed by atoms with E-state index in [1.807, 2.05) is 0 Å². The lowest BCUT2D eigenvalue weighted by atomic mass is 9.78. The van der Waals surface area contributed by atoms with Gasteiger partial charge in [-0.15, -0.1) is 21.5 Å². The Bertz CT molecular complexity index is 769. The Kier molecular flexibility index (Phi) is 5.88. The number of nitrogens with zero attached hydrogens (tertiary/aromatic N) is 3. The minimum Gasteiger partial charge on any atom is -0.352 e. The zero-order valence-corrected chi connectivity index (χ0v) is 17.7. The lowest BCUT2D eigenvalue weighted by Crippen LogP contribution is -2.44. The van der Waals surface area contributed by atoms with Crippen molar-refractivity contribution in [2.75, 3.05) is 5.75 Å². The number of hydrogen-bond acceptors (Lipinski definition) is 5. The highest BCUT2D eigenvalue weighted by Gasteiger charge is 2.31. The Morgan fingerprint density at radius 3 is 2.89 bits per heavy atom. The fourth-order valence-corrected chi connectivity index (χ4v) is 5.50.